The van der Waals surface area contributed by atoms with Crippen LogP contribution in [0.15, 0.2) is 65.5 Å². The number of methoxy groups -OCH3 is 1. The number of amides is 1. The highest BCUT2D eigenvalue weighted by Crippen LogP contribution is 2.21. The second-order valence-corrected chi connectivity index (χ2v) is 7.45. The number of nitrogens with one attached hydrogen (secondary N) is 2. The van der Waals surface area contributed by atoms with Crippen LogP contribution in [0, 0.1) is 6.92 Å². The number of hydrogen-bond donors (Lipinski definition) is 2. The van der Waals surface area contributed by atoms with Crippen molar-refractivity contribution in [3.63, 3.8) is 0 Å². The van der Waals surface area contributed by atoms with Crippen molar-refractivity contribution in [3.05, 3.63) is 87.7 Å². The molecule has 1 unspecified atom stereocenters. The standard InChI is InChI=1S/C24H27N3O3/c1-16-6-5-7-18(14-16)21-13-12-20(24(29)26-21)23(28)25-15-22(27(2)3)17-8-10-19(30-4)11-9-17/h5-14,22H,15H2,1-4H3,(H,25,28)(H,26,29). The quantitative estimate of drug-likeness (QED) is 0.632. The molecule has 30 heavy (non-hydrogen) atoms. The van der Waals surface area contributed by atoms with Crippen molar-refractivity contribution in [2.24, 2.45) is 0 Å². The fraction of sp³-hybridized carbons (Fsp3) is 0.250. The van der Waals surface area contributed by atoms with Crippen LogP contribution >= 0.6 is 0 Å². The van der Waals surface area contributed by atoms with Crippen LogP contribution in [0.1, 0.15) is 27.5 Å². The van der Waals surface area contributed by atoms with Crippen LogP contribution in [0.3, 0.4) is 0 Å². The second kappa shape index (κ2) is 9.41. The first-order valence-electron chi connectivity index (χ1n) is 9.78. The molecule has 0 spiro atoms. The highest BCUT2D eigenvalue weighted by molar-refractivity contribution is 5.94. The van der Waals surface area contributed by atoms with Crippen LogP contribution in [-0.4, -0.2) is 43.5 Å². The summed E-state index contributed by atoms with van der Waals surface area (Å²) in [6.45, 7) is 2.37. The van der Waals surface area contributed by atoms with Crippen molar-refractivity contribution in [1.82, 2.24) is 15.2 Å². The molecule has 1 heterocycles. The number of hydrogen-bond acceptors (Lipinski definition) is 4. The number of aromatic amines is 1. The smallest absolute Gasteiger partial charge is 0.261 e. The van der Waals surface area contributed by atoms with E-state index in [1.54, 1.807) is 19.2 Å². The number of benzene rings is 2. The Hall–Kier alpha value is -3.38. The van der Waals surface area contributed by atoms with Crippen molar-refractivity contribution in [2.75, 3.05) is 27.7 Å². The SMILES string of the molecule is COc1ccc(C(CNC(=O)c2ccc(-c3cccc(C)c3)[nH]c2=O)N(C)C)cc1. The third-order valence-electron chi connectivity index (χ3n) is 5.06. The molecule has 3 aromatic rings. The molecule has 6 nitrogen and oxygen atoms in total. The molecular formula is C24H27N3O3. The molecule has 0 radical (unpaired) electrons. The van der Waals surface area contributed by atoms with Crippen LogP contribution < -0.4 is 15.6 Å². The second-order valence-electron chi connectivity index (χ2n) is 7.45. The third-order valence-corrected chi connectivity index (χ3v) is 5.06. The first-order valence-corrected chi connectivity index (χ1v) is 9.78. The Kier molecular flexibility index (Phi) is 6.69. The summed E-state index contributed by atoms with van der Waals surface area (Å²) in [5, 5.41) is 2.88. The average molecular weight is 405 g/mol. The van der Waals surface area contributed by atoms with E-state index in [4.69, 9.17) is 4.74 Å². The lowest BCUT2D eigenvalue weighted by molar-refractivity contribution is 0.0940. The predicted octanol–water partition coefficient (Wildman–Crippen LogP) is 3.39. The molecule has 0 saturated carbocycles. The summed E-state index contributed by atoms with van der Waals surface area (Å²) in [4.78, 5) is 30.0. The van der Waals surface area contributed by atoms with Gasteiger partial charge in [-0.05, 0) is 62.5 Å². The summed E-state index contributed by atoms with van der Waals surface area (Å²) in [7, 11) is 5.52. The number of likely N-dealkylation sites (N-methyl/N-ethyl adjacent to an activating group) is 1. The summed E-state index contributed by atoms with van der Waals surface area (Å²) in [6.07, 6.45) is 0. The zero-order valence-electron chi connectivity index (χ0n) is 17.7. The van der Waals surface area contributed by atoms with E-state index in [2.05, 4.69) is 10.3 Å². The van der Waals surface area contributed by atoms with E-state index in [1.807, 2.05) is 74.4 Å². The average Bonchev–Trinajstić information content (AvgIpc) is 2.74. The topological polar surface area (TPSA) is 74.4 Å². The zero-order chi connectivity index (χ0) is 21.7. The number of rotatable bonds is 7. The lowest BCUT2D eigenvalue weighted by Crippen LogP contribution is -2.36. The van der Waals surface area contributed by atoms with Gasteiger partial charge in [0, 0.05) is 12.2 Å². The van der Waals surface area contributed by atoms with Crippen LogP contribution in [0.5, 0.6) is 5.75 Å². The Bertz CT molecular complexity index is 1070. The maximum Gasteiger partial charge on any atom is 0.261 e. The van der Waals surface area contributed by atoms with Gasteiger partial charge in [0.2, 0.25) is 0 Å². The molecule has 0 aliphatic rings. The van der Waals surface area contributed by atoms with Gasteiger partial charge in [-0.25, -0.2) is 0 Å². The molecule has 2 N–H and O–H groups in total. The fourth-order valence-corrected chi connectivity index (χ4v) is 3.34. The Morgan fingerprint density at radius 2 is 1.83 bits per heavy atom. The van der Waals surface area contributed by atoms with Gasteiger partial charge in [-0.2, -0.15) is 0 Å². The van der Waals surface area contributed by atoms with Gasteiger partial charge in [0.25, 0.3) is 11.5 Å². The number of aryl methyl sites for hydroxylation is 1. The molecule has 3 rings (SSSR count). The highest BCUT2D eigenvalue weighted by Gasteiger charge is 2.17. The molecule has 156 valence electrons. The van der Waals surface area contributed by atoms with Crippen molar-refractivity contribution in [2.45, 2.75) is 13.0 Å². The summed E-state index contributed by atoms with van der Waals surface area (Å²) in [5.74, 6) is 0.382. The number of nitrogens with zero attached hydrogens (tertiary/aromatic N) is 1. The molecule has 1 aromatic heterocycles. The van der Waals surface area contributed by atoms with Gasteiger partial charge in [0.05, 0.1) is 13.2 Å². The van der Waals surface area contributed by atoms with Gasteiger partial charge >= 0.3 is 0 Å². The highest BCUT2D eigenvalue weighted by atomic mass is 16.5. The van der Waals surface area contributed by atoms with E-state index >= 15 is 0 Å². The minimum Gasteiger partial charge on any atom is -0.497 e. The number of pyridine rings is 1. The van der Waals surface area contributed by atoms with E-state index < -0.39 is 11.5 Å². The Balaban J connectivity index is 1.73. The van der Waals surface area contributed by atoms with Gasteiger partial charge in [-0.3, -0.25) is 9.59 Å². The van der Waals surface area contributed by atoms with Crippen molar-refractivity contribution < 1.29 is 9.53 Å². The molecule has 0 saturated heterocycles. The molecule has 0 fully saturated rings. The van der Waals surface area contributed by atoms with Gasteiger partial charge in [0.15, 0.2) is 0 Å². The van der Waals surface area contributed by atoms with E-state index in [0.29, 0.717) is 12.2 Å². The lowest BCUT2D eigenvalue weighted by Gasteiger charge is -2.25. The predicted molar refractivity (Wildman–Crippen MR) is 119 cm³/mol. The molecule has 0 aliphatic carbocycles. The number of H-pyrrole nitrogens is 1. The van der Waals surface area contributed by atoms with Crippen molar-refractivity contribution in [1.29, 1.82) is 0 Å². The van der Waals surface area contributed by atoms with Gasteiger partial charge in [0.1, 0.15) is 11.3 Å². The Morgan fingerprint density at radius 1 is 1.10 bits per heavy atom. The normalized spacial score (nSPS) is 11.9. The molecule has 2 aromatic carbocycles. The van der Waals surface area contributed by atoms with Crippen molar-refractivity contribution in [3.8, 4) is 17.0 Å². The molecule has 1 atom stereocenters. The zero-order valence-corrected chi connectivity index (χ0v) is 17.7. The summed E-state index contributed by atoms with van der Waals surface area (Å²) >= 11 is 0. The van der Waals surface area contributed by atoms with Gasteiger partial charge < -0.3 is 19.9 Å². The minimum atomic E-state index is -0.405. The molecule has 6 heteroatoms. The van der Waals surface area contributed by atoms with E-state index in [-0.39, 0.29) is 11.6 Å². The van der Waals surface area contributed by atoms with Crippen LogP contribution in [-0.2, 0) is 0 Å². The van der Waals surface area contributed by atoms with Crippen LogP contribution in [0.2, 0.25) is 0 Å². The van der Waals surface area contributed by atoms with Crippen molar-refractivity contribution >= 4 is 5.91 Å². The monoisotopic (exact) mass is 405 g/mol. The maximum absolute atomic E-state index is 12.7. The van der Waals surface area contributed by atoms with Gasteiger partial charge in [-0.1, -0.05) is 35.9 Å². The fourth-order valence-electron chi connectivity index (χ4n) is 3.34. The first kappa shape index (κ1) is 21.3. The Morgan fingerprint density at radius 3 is 2.43 bits per heavy atom. The first-order chi connectivity index (χ1) is 14.4. The summed E-state index contributed by atoms with van der Waals surface area (Å²) in [6, 6.07) is 18.9. The largest absolute Gasteiger partial charge is 0.497 e. The minimum absolute atomic E-state index is 0.0366. The number of aromatic nitrogens is 1. The van der Waals surface area contributed by atoms with E-state index in [9.17, 15) is 9.59 Å². The number of carbonyl (C=O) groups is 1. The van der Waals surface area contributed by atoms with E-state index in [1.165, 1.54) is 0 Å². The van der Waals surface area contributed by atoms with Crippen LogP contribution in [0.25, 0.3) is 11.3 Å². The number of ether oxygens (including phenoxy) is 1. The van der Waals surface area contributed by atoms with Gasteiger partial charge in [-0.15, -0.1) is 0 Å². The maximum atomic E-state index is 12.7. The molecule has 0 aliphatic heterocycles. The van der Waals surface area contributed by atoms with E-state index in [0.717, 1.165) is 22.4 Å². The van der Waals surface area contributed by atoms with Crippen LogP contribution in [0.4, 0.5) is 0 Å². The number of carbonyl (C=O) groups excluding carboxylic acids is 1. The Labute approximate surface area is 176 Å². The molecular weight excluding hydrogens is 378 g/mol. The summed E-state index contributed by atoms with van der Waals surface area (Å²) < 4.78 is 5.21. The lowest BCUT2D eigenvalue weighted by atomic mass is 10.1. The molecule has 1 amide bonds. The third kappa shape index (κ3) is 4.96. The molecule has 0 bridgehead atoms. The summed E-state index contributed by atoms with van der Waals surface area (Å²) in [5.41, 5.74) is 3.43.